The minimum absolute atomic E-state index is 0.0646. The van der Waals surface area contributed by atoms with Crippen LogP contribution >= 0.6 is 0 Å². The summed E-state index contributed by atoms with van der Waals surface area (Å²) < 4.78 is 5.33. The van der Waals surface area contributed by atoms with E-state index in [1.807, 2.05) is 67.6 Å². The van der Waals surface area contributed by atoms with Gasteiger partial charge in [-0.3, -0.25) is 4.99 Å². The Morgan fingerprint density at radius 1 is 1.05 bits per heavy atom. The van der Waals surface area contributed by atoms with Crippen molar-refractivity contribution >= 4 is 11.7 Å². The summed E-state index contributed by atoms with van der Waals surface area (Å²) in [5, 5.41) is 0. The van der Waals surface area contributed by atoms with E-state index < -0.39 is 0 Å². The molecule has 3 rings (SSSR count). The van der Waals surface area contributed by atoms with E-state index in [4.69, 9.17) is 4.74 Å². The van der Waals surface area contributed by atoms with E-state index in [-0.39, 0.29) is 17.9 Å². The molecule has 1 aliphatic rings. The van der Waals surface area contributed by atoms with Crippen molar-refractivity contribution in [3.8, 4) is 0 Å². The van der Waals surface area contributed by atoms with Gasteiger partial charge in [0, 0.05) is 5.92 Å². The third-order valence-corrected chi connectivity index (χ3v) is 3.77. The average molecular weight is 279 g/mol. The monoisotopic (exact) mass is 279 g/mol. The molecule has 0 fully saturated rings. The first kappa shape index (κ1) is 13.6. The highest BCUT2D eigenvalue weighted by Crippen LogP contribution is 2.26. The van der Waals surface area contributed by atoms with Gasteiger partial charge in [0.2, 0.25) is 0 Å². The summed E-state index contributed by atoms with van der Waals surface area (Å²) in [4.78, 5) is 16.7. The van der Waals surface area contributed by atoms with Gasteiger partial charge in [-0.1, -0.05) is 67.6 Å². The van der Waals surface area contributed by atoms with Crippen LogP contribution in [0.25, 0.3) is 0 Å². The van der Waals surface area contributed by atoms with Gasteiger partial charge in [0.15, 0.2) is 0 Å². The van der Waals surface area contributed by atoms with E-state index >= 15 is 0 Å². The molecule has 3 heteroatoms. The van der Waals surface area contributed by atoms with Gasteiger partial charge in [-0.05, 0) is 11.1 Å². The lowest BCUT2D eigenvalue weighted by molar-refractivity contribution is -0.137. The molecule has 2 aromatic carbocycles. The van der Waals surface area contributed by atoms with Crippen LogP contribution in [0.4, 0.5) is 0 Å². The van der Waals surface area contributed by atoms with Crippen LogP contribution in [0.15, 0.2) is 65.7 Å². The second-order valence-corrected chi connectivity index (χ2v) is 5.17. The summed E-state index contributed by atoms with van der Waals surface area (Å²) in [5.41, 5.74) is 2.64. The van der Waals surface area contributed by atoms with Gasteiger partial charge in [-0.2, -0.15) is 0 Å². The number of carbonyl (C=O) groups excluding carboxylic acids is 1. The van der Waals surface area contributed by atoms with Crippen LogP contribution in [0.2, 0.25) is 0 Å². The fourth-order valence-corrected chi connectivity index (χ4v) is 2.52. The van der Waals surface area contributed by atoms with Crippen LogP contribution in [0.5, 0.6) is 0 Å². The molecule has 0 aromatic heterocycles. The number of cyclic esters (lactones) is 1. The fraction of sp³-hybridized carbons (Fsp3) is 0.222. The molecule has 106 valence electrons. The van der Waals surface area contributed by atoms with Gasteiger partial charge in [-0.25, -0.2) is 4.79 Å². The molecule has 0 unspecified atom stereocenters. The Kier molecular flexibility index (Phi) is 3.82. The number of aliphatic imine (C=N–C) groups is 1. The second-order valence-electron chi connectivity index (χ2n) is 5.17. The highest BCUT2D eigenvalue weighted by molar-refractivity contribution is 6.39. The normalized spacial score (nSPS) is 19.6. The number of esters is 1. The molecule has 2 aromatic rings. The molecule has 0 N–H and O–H groups in total. The first-order valence-corrected chi connectivity index (χ1v) is 7.10. The Morgan fingerprint density at radius 2 is 1.67 bits per heavy atom. The number of benzene rings is 2. The highest BCUT2D eigenvalue weighted by Gasteiger charge is 2.29. The van der Waals surface area contributed by atoms with Gasteiger partial charge < -0.3 is 4.74 Å². The maximum absolute atomic E-state index is 12.0. The number of hydrogen-bond donors (Lipinski definition) is 0. The number of hydrogen-bond acceptors (Lipinski definition) is 3. The molecule has 0 saturated heterocycles. The number of rotatable bonds is 3. The first-order valence-electron chi connectivity index (χ1n) is 7.10. The maximum Gasteiger partial charge on any atom is 0.352 e. The van der Waals surface area contributed by atoms with Crippen LogP contribution < -0.4 is 0 Å². The largest absolute Gasteiger partial charge is 0.459 e. The number of nitrogens with zero attached hydrogens (tertiary/aromatic N) is 1. The SMILES string of the molecule is C[C@H](C1=N[C@@H](c2ccccc2)COC1=O)c1ccccc1. The summed E-state index contributed by atoms with van der Waals surface area (Å²) in [5.74, 6) is -0.372. The van der Waals surface area contributed by atoms with Crippen LogP contribution in [0.1, 0.15) is 30.0 Å². The highest BCUT2D eigenvalue weighted by atomic mass is 16.5. The lowest BCUT2D eigenvalue weighted by atomic mass is 9.94. The molecule has 0 spiro atoms. The van der Waals surface area contributed by atoms with E-state index in [1.165, 1.54) is 0 Å². The van der Waals surface area contributed by atoms with E-state index in [9.17, 15) is 4.79 Å². The molecule has 3 nitrogen and oxygen atoms in total. The van der Waals surface area contributed by atoms with E-state index in [2.05, 4.69) is 4.99 Å². The summed E-state index contributed by atoms with van der Waals surface area (Å²) in [7, 11) is 0. The maximum atomic E-state index is 12.0. The summed E-state index contributed by atoms with van der Waals surface area (Å²) in [6, 6.07) is 19.7. The van der Waals surface area contributed by atoms with Crippen molar-refractivity contribution in [2.24, 2.45) is 4.99 Å². The van der Waals surface area contributed by atoms with Crippen LogP contribution in [-0.4, -0.2) is 18.3 Å². The second kappa shape index (κ2) is 5.92. The zero-order valence-electron chi connectivity index (χ0n) is 11.9. The molecule has 2 atom stereocenters. The Bertz CT molecular complexity index is 612. The molecule has 0 aliphatic carbocycles. The molecule has 0 bridgehead atoms. The third-order valence-electron chi connectivity index (χ3n) is 3.77. The molecular formula is C18H17NO2. The zero-order chi connectivity index (χ0) is 14.7. The van der Waals surface area contributed by atoms with Crippen molar-refractivity contribution in [2.75, 3.05) is 6.61 Å². The zero-order valence-corrected chi connectivity index (χ0v) is 11.9. The molecule has 21 heavy (non-hydrogen) atoms. The van der Waals surface area contributed by atoms with Crippen molar-refractivity contribution in [2.45, 2.75) is 18.9 Å². The molecule has 0 amide bonds. The Labute approximate surface area is 124 Å². The van der Waals surface area contributed by atoms with E-state index in [0.717, 1.165) is 11.1 Å². The van der Waals surface area contributed by atoms with Gasteiger partial charge in [-0.15, -0.1) is 0 Å². The standard InChI is InChI=1S/C18H17NO2/c1-13(14-8-4-2-5-9-14)17-18(20)21-12-16(19-17)15-10-6-3-7-11-15/h2-11,13,16H,12H2,1H3/t13-,16+/m0/s1. The Morgan fingerprint density at radius 3 is 2.33 bits per heavy atom. The smallest absolute Gasteiger partial charge is 0.352 e. The van der Waals surface area contributed by atoms with Gasteiger partial charge in [0.1, 0.15) is 18.4 Å². The third kappa shape index (κ3) is 2.87. The minimum atomic E-state index is -0.307. The van der Waals surface area contributed by atoms with Crippen molar-refractivity contribution in [3.63, 3.8) is 0 Å². The van der Waals surface area contributed by atoms with Crippen molar-refractivity contribution in [1.29, 1.82) is 0 Å². The van der Waals surface area contributed by atoms with E-state index in [0.29, 0.717) is 12.3 Å². The minimum Gasteiger partial charge on any atom is -0.459 e. The van der Waals surface area contributed by atoms with Gasteiger partial charge >= 0.3 is 5.97 Å². The van der Waals surface area contributed by atoms with Crippen molar-refractivity contribution < 1.29 is 9.53 Å². The van der Waals surface area contributed by atoms with Crippen LogP contribution in [-0.2, 0) is 9.53 Å². The van der Waals surface area contributed by atoms with Gasteiger partial charge in [0.05, 0.1) is 0 Å². The van der Waals surface area contributed by atoms with Crippen molar-refractivity contribution in [3.05, 3.63) is 71.8 Å². The van der Waals surface area contributed by atoms with Gasteiger partial charge in [0.25, 0.3) is 0 Å². The molecule has 1 aliphatic heterocycles. The van der Waals surface area contributed by atoms with Crippen LogP contribution in [0, 0.1) is 0 Å². The van der Waals surface area contributed by atoms with Crippen molar-refractivity contribution in [1.82, 2.24) is 0 Å². The summed E-state index contributed by atoms with van der Waals surface area (Å²) >= 11 is 0. The fourth-order valence-electron chi connectivity index (χ4n) is 2.52. The average Bonchev–Trinajstić information content (AvgIpc) is 2.56. The molecule has 0 radical (unpaired) electrons. The number of carbonyl (C=O) groups is 1. The molecule has 1 heterocycles. The lowest BCUT2D eigenvalue weighted by Gasteiger charge is -2.23. The molecule has 0 saturated carbocycles. The lowest BCUT2D eigenvalue weighted by Crippen LogP contribution is -2.30. The summed E-state index contributed by atoms with van der Waals surface area (Å²) in [6.07, 6.45) is 0. The topological polar surface area (TPSA) is 38.7 Å². The van der Waals surface area contributed by atoms with E-state index in [1.54, 1.807) is 0 Å². The first-order chi connectivity index (χ1) is 10.3. The predicted octanol–water partition coefficient (Wildman–Crippen LogP) is 3.53. The number of ether oxygens (including phenoxy) is 1. The quantitative estimate of drug-likeness (QED) is 0.806. The van der Waals surface area contributed by atoms with Crippen LogP contribution in [0.3, 0.4) is 0 Å². The predicted molar refractivity (Wildman–Crippen MR) is 82.4 cm³/mol. The summed E-state index contributed by atoms with van der Waals surface area (Å²) in [6.45, 7) is 2.30. The molecular weight excluding hydrogens is 262 g/mol. The Balaban J connectivity index is 1.92. The Hall–Kier alpha value is -2.42.